The molecule has 0 radical (unpaired) electrons. The number of nitrogens with zero attached hydrogens (tertiary/aromatic N) is 14. The van der Waals surface area contributed by atoms with Gasteiger partial charge in [-0.15, -0.1) is 17.0 Å². The van der Waals surface area contributed by atoms with E-state index in [-0.39, 0.29) is 89.7 Å². The van der Waals surface area contributed by atoms with E-state index in [0.29, 0.717) is 34.8 Å². The average molecular weight is 1540 g/mol. The summed E-state index contributed by atoms with van der Waals surface area (Å²) in [5.41, 5.74) is 9.25. The first-order chi connectivity index (χ1) is 28.2. The number of thiazole rings is 1. The van der Waals surface area contributed by atoms with Crippen molar-refractivity contribution in [3.8, 4) is 46.2 Å². The SMILES string of the molecule is O=c1cc[n-]c(-c2ccccn2)c1.[Pt].[Pt].[Pt].[Pt].c1ccc2[n-]c(-c3cscn3)nc2c1.c1ccc2[n-]c(-c3ncncn3)nc2c1.c1cnc(-c2nc3ccccc3[n-]2)nc1. The zero-order chi connectivity index (χ0) is 38.7. The minimum atomic E-state index is -0.0457. The van der Waals surface area contributed by atoms with Gasteiger partial charge in [-0.25, -0.2) is 29.9 Å². The minimum Gasteiger partial charge on any atom is -0.662 e. The molecule has 11 aromatic rings. The molecule has 0 amide bonds. The topological polar surface area (TPSA) is 202 Å². The molecule has 20 heteroatoms. The van der Waals surface area contributed by atoms with Gasteiger partial charge in [0.25, 0.3) is 0 Å². The van der Waals surface area contributed by atoms with Gasteiger partial charge in [-0.05, 0) is 80.9 Å². The number of pyridine rings is 2. The van der Waals surface area contributed by atoms with Gasteiger partial charge in [0, 0.05) is 114 Å². The molecule has 0 bridgehead atoms. The first-order valence-electron chi connectivity index (χ1n) is 17.2. The summed E-state index contributed by atoms with van der Waals surface area (Å²) in [6.07, 6.45) is 9.40. The zero-order valence-corrected chi connectivity index (χ0v) is 40.8. The Bertz CT molecular complexity index is 2810. The first-order valence-corrected chi connectivity index (χ1v) is 18.1. The summed E-state index contributed by atoms with van der Waals surface area (Å²) in [7, 11) is 0. The van der Waals surface area contributed by atoms with E-state index in [4.69, 9.17) is 0 Å². The van der Waals surface area contributed by atoms with Crippen LogP contribution in [-0.2, 0) is 84.3 Å². The van der Waals surface area contributed by atoms with Gasteiger partial charge in [-0.1, -0.05) is 78.9 Å². The molecular formula is C41H26N14OPt4S-4. The molecule has 0 aliphatic rings. The number of benzene rings is 3. The third kappa shape index (κ3) is 12.8. The molecule has 0 fully saturated rings. The van der Waals surface area contributed by atoms with Crippen molar-refractivity contribution in [2.24, 2.45) is 0 Å². The second-order valence-electron chi connectivity index (χ2n) is 11.6. The molecule has 0 saturated heterocycles. The predicted molar refractivity (Wildman–Crippen MR) is 215 cm³/mol. The van der Waals surface area contributed by atoms with Crippen LogP contribution < -0.4 is 25.4 Å². The van der Waals surface area contributed by atoms with Gasteiger partial charge in [0.05, 0.1) is 11.2 Å². The predicted octanol–water partition coefficient (Wildman–Crippen LogP) is 6.06. The molecule has 0 aliphatic heterocycles. The van der Waals surface area contributed by atoms with Gasteiger partial charge in [0.1, 0.15) is 12.7 Å². The van der Waals surface area contributed by atoms with E-state index >= 15 is 0 Å². The van der Waals surface area contributed by atoms with E-state index in [1.54, 1.807) is 41.5 Å². The van der Waals surface area contributed by atoms with Crippen molar-refractivity contribution < 1.29 is 84.3 Å². The zero-order valence-electron chi connectivity index (χ0n) is 30.9. The Balaban J connectivity index is 0.000000176. The van der Waals surface area contributed by atoms with Crippen molar-refractivity contribution >= 4 is 44.4 Å². The minimum absolute atomic E-state index is 0. The summed E-state index contributed by atoms with van der Waals surface area (Å²) in [4.78, 5) is 69.4. The number of hydrogen-bond acceptors (Lipinski definition) is 12. The fraction of sp³-hybridized carbons (Fsp3) is 0. The molecule has 15 nitrogen and oxygen atoms in total. The van der Waals surface area contributed by atoms with Crippen LogP contribution in [0.2, 0.25) is 0 Å². The number of para-hydroxylation sites is 6. The number of imidazole rings is 3. The standard InChI is InChI=1S/C11H7N4.C10H6N5.C10H6N3S.C10H8N2O.4Pt/c1-2-5-9-8(4-1)14-11(15-9)10-12-6-3-7-13-10;1-2-4-8-7(3-1)14-10(15-8)9-12-5-11-6-13-9;1-2-4-8-7(3-1)12-10(13-8)9-5-14-6-11-9;13-8-4-6-12-10(7-8)9-3-1-2-5-11-9;;;;/h1-7H;1-6H;1-6H;1-7H,(H,12,13);;;;/q3*-1;;;;;/p-1. The van der Waals surface area contributed by atoms with Crippen molar-refractivity contribution in [2.45, 2.75) is 0 Å². The number of rotatable bonds is 4. The molecule has 8 heterocycles. The maximum Gasteiger partial charge on any atom is 0.175 e. The smallest absolute Gasteiger partial charge is 0.175 e. The molecule has 0 spiro atoms. The van der Waals surface area contributed by atoms with E-state index in [1.165, 1.54) is 31.0 Å². The molecule has 0 aliphatic carbocycles. The van der Waals surface area contributed by atoms with E-state index < -0.39 is 0 Å². The Labute approximate surface area is 408 Å². The molecule has 0 unspecified atom stereocenters. The van der Waals surface area contributed by atoms with Gasteiger partial charge >= 0.3 is 0 Å². The summed E-state index contributed by atoms with van der Waals surface area (Å²) in [6, 6.07) is 33.4. The molecule has 3 aromatic carbocycles. The van der Waals surface area contributed by atoms with Crippen molar-refractivity contribution in [1.29, 1.82) is 0 Å². The van der Waals surface area contributed by atoms with E-state index in [9.17, 15) is 4.79 Å². The van der Waals surface area contributed by atoms with Gasteiger partial charge in [-0.3, -0.25) is 9.78 Å². The fourth-order valence-electron chi connectivity index (χ4n) is 5.19. The largest absolute Gasteiger partial charge is 0.662 e. The Morgan fingerprint density at radius 1 is 0.475 bits per heavy atom. The second kappa shape index (κ2) is 24.2. The third-order valence-corrected chi connectivity index (χ3v) is 8.37. The van der Waals surface area contributed by atoms with Crippen molar-refractivity contribution in [3.63, 3.8) is 0 Å². The number of hydrogen-bond donors (Lipinski definition) is 0. The van der Waals surface area contributed by atoms with Crippen molar-refractivity contribution in [3.05, 3.63) is 168 Å². The van der Waals surface area contributed by atoms with Crippen molar-refractivity contribution in [1.82, 2.24) is 69.8 Å². The van der Waals surface area contributed by atoms with Gasteiger partial charge < -0.3 is 34.9 Å². The summed E-state index contributed by atoms with van der Waals surface area (Å²) >= 11 is 1.55. The summed E-state index contributed by atoms with van der Waals surface area (Å²) in [6.45, 7) is 0. The Kier molecular flexibility index (Phi) is 19.1. The molecule has 0 saturated carbocycles. The van der Waals surface area contributed by atoms with Crippen LogP contribution in [0.3, 0.4) is 0 Å². The maximum atomic E-state index is 11.0. The Morgan fingerprint density at radius 3 is 1.49 bits per heavy atom. The summed E-state index contributed by atoms with van der Waals surface area (Å²) < 4.78 is 0. The van der Waals surface area contributed by atoms with Crippen LogP contribution in [0.15, 0.2) is 162 Å². The van der Waals surface area contributed by atoms with E-state index in [0.717, 1.165) is 44.5 Å². The number of aromatic nitrogens is 14. The molecular weight excluding hydrogens is 1520 g/mol. The van der Waals surface area contributed by atoms with Crippen LogP contribution in [0.1, 0.15) is 0 Å². The van der Waals surface area contributed by atoms with Crippen LogP contribution >= 0.6 is 11.3 Å². The first kappa shape index (κ1) is 48.3. The van der Waals surface area contributed by atoms with Crippen LogP contribution in [0, 0.1) is 0 Å². The molecule has 8 aromatic heterocycles. The summed E-state index contributed by atoms with van der Waals surface area (Å²) in [5, 5.41) is 1.95. The monoisotopic (exact) mass is 1540 g/mol. The maximum absolute atomic E-state index is 11.0. The van der Waals surface area contributed by atoms with Crippen LogP contribution in [0.25, 0.3) is 79.3 Å². The van der Waals surface area contributed by atoms with Gasteiger partial charge in [0.15, 0.2) is 17.1 Å². The Hall–Kier alpha value is -5.36. The van der Waals surface area contributed by atoms with E-state index in [1.807, 2.05) is 96.4 Å². The molecule has 61 heavy (non-hydrogen) atoms. The van der Waals surface area contributed by atoms with Crippen LogP contribution in [-0.4, -0.2) is 49.8 Å². The third-order valence-electron chi connectivity index (χ3n) is 7.78. The Morgan fingerprint density at radius 2 is 0.984 bits per heavy atom. The summed E-state index contributed by atoms with van der Waals surface area (Å²) in [5.74, 6) is 2.90. The molecule has 11 rings (SSSR count). The van der Waals surface area contributed by atoms with Gasteiger partial charge in [0.2, 0.25) is 0 Å². The van der Waals surface area contributed by atoms with Gasteiger partial charge in [-0.2, -0.15) is 6.20 Å². The normalized spacial score (nSPS) is 9.84. The van der Waals surface area contributed by atoms with Crippen LogP contribution in [0.4, 0.5) is 0 Å². The molecule has 316 valence electrons. The molecule has 0 N–H and O–H groups in total. The van der Waals surface area contributed by atoms with Crippen LogP contribution in [0.5, 0.6) is 0 Å². The molecule has 0 atom stereocenters. The van der Waals surface area contributed by atoms with Crippen molar-refractivity contribution in [2.75, 3.05) is 0 Å². The quantitative estimate of drug-likeness (QED) is 0.197. The number of fused-ring (bicyclic) bond motifs is 3. The van der Waals surface area contributed by atoms with E-state index in [2.05, 4.69) is 69.8 Å². The fourth-order valence-corrected chi connectivity index (χ4v) is 5.72. The average Bonchev–Trinajstić information content (AvgIpc) is 4.11. The second-order valence-corrected chi connectivity index (χ2v) is 12.3.